The molecule has 5 heteroatoms. The van der Waals surface area contributed by atoms with Gasteiger partial charge >= 0.3 is 0 Å². The monoisotopic (exact) mass is 414 g/mol. The van der Waals surface area contributed by atoms with Gasteiger partial charge in [-0.2, -0.15) is 0 Å². The van der Waals surface area contributed by atoms with Crippen molar-refractivity contribution in [2.45, 2.75) is 12.5 Å². The van der Waals surface area contributed by atoms with Crippen LogP contribution in [-0.4, -0.2) is 22.6 Å². The first kappa shape index (κ1) is 20.1. The van der Waals surface area contributed by atoms with Crippen LogP contribution in [0.25, 0.3) is 22.4 Å². The predicted molar refractivity (Wildman–Crippen MR) is 125 cm³/mol. The second-order valence-electron chi connectivity index (χ2n) is 7.17. The zero-order valence-electron chi connectivity index (χ0n) is 16.5. The van der Waals surface area contributed by atoms with E-state index in [0.29, 0.717) is 11.6 Å². The van der Waals surface area contributed by atoms with E-state index in [1.807, 2.05) is 60.7 Å². The Labute approximate surface area is 181 Å². The number of hydrogen-bond acceptors (Lipinski definition) is 4. The average Bonchev–Trinajstić information content (AvgIpc) is 2.79. The van der Waals surface area contributed by atoms with Gasteiger partial charge in [0.25, 0.3) is 0 Å². The van der Waals surface area contributed by atoms with Crippen LogP contribution in [-0.2, 0) is 6.42 Å². The highest BCUT2D eigenvalue weighted by Gasteiger charge is 2.12. The van der Waals surface area contributed by atoms with Gasteiger partial charge in [0, 0.05) is 41.1 Å². The molecule has 4 aromatic rings. The van der Waals surface area contributed by atoms with Crippen molar-refractivity contribution in [1.29, 1.82) is 0 Å². The van der Waals surface area contributed by atoms with Crippen molar-refractivity contribution in [3.05, 3.63) is 102 Å². The minimum absolute atomic E-state index is 0.00508. The fourth-order valence-electron chi connectivity index (χ4n) is 3.37. The third kappa shape index (κ3) is 5.03. The number of aromatic nitrogens is 2. The number of anilines is 1. The van der Waals surface area contributed by atoms with E-state index in [2.05, 4.69) is 28.5 Å². The number of rotatable bonds is 7. The summed E-state index contributed by atoms with van der Waals surface area (Å²) in [6.07, 6.45) is 4.37. The molecule has 0 unspecified atom stereocenters. The molecule has 3 N–H and O–H groups in total. The fraction of sp³-hybridized carbons (Fsp3) is 0.120. The van der Waals surface area contributed by atoms with Crippen molar-refractivity contribution in [3.8, 4) is 22.4 Å². The topological polar surface area (TPSA) is 63.8 Å². The van der Waals surface area contributed by atoms with Crippen LogP contribution >= 0.6 is 11.6 Å². The zero-order valence-corrected chi connectivity index (χ0v) is 17.3. The van der Waals surface area contributed by atoms with Gasteiger partial charge in [-0.25, -0.2) is 4.98 Å². The summed E-state index contributed by atoms with van der Waals surface area (Å²) in [5, 5.41) is 4.10. The van der Waals surface area contributed by atoms with Gasteiger partial charge < -0.3 is 11.1 Å². The van der Waals surface area contributed by atoms with E-state index in [-0.39, 0.29) is 6.04 Å². The molecule has 0 saturated heterocycles. The molecule has 2 heterocycles. The van der Waals surface area contributed by atoms with Crippen molar-refractivity contribution in [1.82, 2.24) is 9.97 Å². The molecule has 4 nitrogen and oxygen atoms in total. The van der Waals surface area contributed by atoms with Gasteiger partial charge in [-0.1, -0.05) is 54.1 Å². The lowest BCUT2D eigenvalue weighted by molar-refractivity contribution is 0.698. The molecule has 0 saturated carbocycles. The maximum absolute atomic E-state index is 6.33. The van der Waals surface area contributed by atoms with E-state index >= 15 is 0 Å². The smallest absolute Gasteiger partial charge is 0.126 e. The van der Waals surface area contributed by atoms with Crippen molar-refractivity contribution in [2.24, 2.45) is 5.73 Å². The highest BCUT2D eigenvalue weighted by Crippen LogP contribution is 2.32. The molecule has 0 radical (unpaired) electrons. The molecule has 2 aromatic heterocycles. The standard InChI is InChI=1S/C25H23ClN4/c26-21-8-6-19(7-9-21)23-10-11-24(30-25(23)20-12-14-28-15-13-20)29-17-22(27)16-18-4-2-1-3-5-18/h1-15,22H,16-17,27H2,(H,29,30)/t22-/m1/s1. The molecular weight excluding hydrogens is 392 g/mol. The summed E-state index contributed by atoms with van der Waals surface area (Å²) in [6.45, 7) is 0.637. The summed E-state index contributed by atoms with van der Waals surface area (Å²) in [5.74, 6) is 0.794. The van der Waals surface area contributed by atoms with E-state index < -0.39 is 0 Å². The lowest BCUT2D eigenvalue weighted by Crippen LogP contribution is -2.31. The maximum atomic E-state index is 6.33. The van der Waals surface area contributed by atoms with Gasteiger partial charge in [0.2, 0.25) is 0 Å². The van der Waals surface area contributed by atoms with Gasteiger partial charge in [-0.05, 0) is 53.9 Å². The highest BCUT2D eigenvalue weighted by atomic mass is 35.5. The third-order valence-electron chi connectivity index (χ3n) is 4.89. The Balaban J connectivity index is 1.57. The number of halogens is 1. The molecule has 150 valence electrons. The second kappa shape index (κ2) is 9.53. The van der Waals surface area contributed by atoms with Gasteiger partial charge in [0.15, 0.2) is 0 Å². The lowest BCUT2D eigenvalue weighted by Gasteiger charge is -2.16. The second-order valence-corrected chi connectivity index (χ2v) is 7.60. The molecule has 0 aliphatic heterocycles. The van der Waals surface area contributed by atoms with Crippen LogP contribution in [0.2, 0.25) is 5.02 Å². The third-order valence-corrected chi connectivity index (χ3v) is 5.14. The number of benzene rings is 2. The van der Waals surface area contributed by atoms with Gasteiger partial charge in [-0.3, -0.25) is 4.98 Å². The summed E-state index contributed by atoms with van der Waals surface area (Å²) in [5.41, 5.74) is 11.6. The highest BCUT2D eigenvalue weighted by molar-refractivity contribution is 6.30. The average molecular weight is 415 g/mol. The Kier molecular flexibility index (Phi) is 6.38. The molecule has 0 fully saturated rings. The first-order valence-corrected chi connectivity index (χ1v) is 10.3. The van der Waals surface area contributed by atoms with Crippen LogP contribution in [0.1, 0.15) is 5.56 Å². The molecular formula is C25H23ClN4. The van der Waals surface area contributed by atoms with Crippen molar-refractivity contribution in [2.75, 3.05) is 11.9 Å². The number of nitrogens with one attached hydrogen (secondary N) is 1. The van der Waals surface area contributed by atoms with Gasteiger partial charge in [0.1, 0.15) is 5.82 Å². The molecule has 30 heavy (non-hydrogen) atoms. The first-order chi connectivity index (χ1) is 14.7. The van der Waals surface area contributed by atoms with Crippen molar-refractivity contribution >= 4 is 17.4 Å². The minimum Gasteiger partial charge on any atom is -0.368 e. The Morgan fingerprint density at radius 2 is 1.57 bits per heavy atom. The van der Waals surface area contributed by atoms with E-state index in [4.69, 9.17) is 22.3 Å². The summed E-state index contributed by atoms with van der Waals surface area (Å²) in [7, 11) is 0. The number of hydrogen-bond donors (Lipinski definition) is 2. The van der Waals surface area contributed by atoms with Crippen LogP contribution in [0.3, 0.4) is 0 Å². The molecule has 0 aliphatic carbocycles. The molecule has 4 rings (SSSR count). The van der Waals surface area contributed by atoms with Crippen LogP contribution in [0.4, 0.5) is 5.82 Å². The Morgan fingerprint density at radius 3 is 2.30 bits per heavy atom. The van der Waals surface area contributed by atoms with Crippen LogP contribution in [0.5, 0.6) is 0 Å². The van der Waals surface area contributed by atoms with Crippen LogP contribution in [0.15, 0.2) is 91.3 Å². The van der Waals surface area contributed by atoms with Crippen LogP contribution in [0, 0.1) is 0 Å². The predicted octanol–water partition coefficient (Wildman–Crippen LogP) is 5.45. The summed E-state index contributed by atoms with van der Waals surface area (Å²) in [4.78, 5) is 9.02. The molecule has 2 aromatic carbocycles. The molecule has 0 amide bonds. The van der Waals surface area contributed by atoms with Crippen molar-refractivity contribution in [3.63, 3.8) is 0 Å². The maximum Gasteiger partial charge on any atom is 0.126 e. The van der Waals surface area contributed by atoms with Crippen molar-refractivity contribution < 1.29 is 0 Å². The molecule has 0 bridgehead atoms. The Bertz CT molecular complexity index is 1080. The normalized spacial score (nSPS) is 11.8. The van der Waals surface area contributed by atoms with E-state index in [1.54, 1.807) is 12.4 Å². The molecule has 0 spiro atoms. The van der Waals surface area contributed by atoms with Gasteiger partial charge in [0.05, 0.1) is 5.69 Å². The quantitative estimate of drug-likeness (QED) is 0.422. The fourth-order valence-corrected chi connectivity index (χ4v) is 3.50. The summed E-state index contributed by atoms with van der Waals surface area (Å²) in [6, 6.07) is 26.1. The van der Waals surface area contributed by atoms with Crippen LogP contribution < -0.4 is 11.1 Å². The zero-order chi connectivity index (χ0) is 20.8. The van der Waals surface area contributed by atoms with E-state index in [0.717, 1.165) is 34.6 Å². The molecule has 1 atom stereocenters. The minimum atomic E-state index is -0.00508. The first-order valence-electron chi connectivity index (χ1n) is 9.90. The van der Waals surface area contributed by atoms with Gasteiger partial charge in [-0.15, -0.1) is 0 Å². The largest absolute Gasteiger partial charge is 0.368 e. The SMILES string of the molecule is N[C@@H](CNc1ccc(-c2ccc(Cl)cc2)c(-c2ccncc2)n1)Cc1ccccc1. The number of pyridine rings is 2. The number of nitrogens with zero attached hydrogens (tertiary/aromatic N) is 2. The van der Waals surface area contributed by atoms with E-state index in [1.165, 1.54) is 5.56 Å². The summed E-state index contributed by atoms with van der Waals surface area (Å²) >= 11 is 6.06. The lowest BCUT2D eigenvalue weighted by atomic mass is 10.00. The van der Waals surface area contributed by atoms with E-state index in [9.17, 15) is 0 Å². The summed E-state index contributed by atoms with van der Waals surface area (Å²) < 4.78 is 0. The molecule has 0 aliphatic rings. The Morgan fingerprint density at radius 1 is 0.833 bits per heavy atom. The number of nitrogens with two attached hydrogens (primary N) is 1. The Hall–Kier alpha value is -3.21.